The Balaban J connectivity index is 2.77. The van der Waals surface area contributed by atoms with E-state index in [1.165, 1.54) is 12.1 Å². The molecular weight excluding hydrogens is 254 g/mol. The van der Waals surface area contributed by atoms with Gasteiger partial charge in [0.25, 0.3) is 10.0 Å². The zero-order valence-corrected chi connectivity index (χ0v) is 10.6. The molecule has 0 aromatic heterocycles. The summed E-state index contributed by atoms with van der Waals surface area (Å²) in [7, 11) is -3.78. The lowest BCUT2D eigenvalue weighted by molar-refractivity contribution is -0.117. The molecule has 0 aliphatic heterocycles. The van der Waals surface area contributed by atoms with Gasteiger partial charge in [0.2, 0.25) is 5.91 Å². The Kier molecular flexibility index (Phi) is 4.68. The van der Waals surface area contributed by atoms with E-state index in [0.29, 0.717) is 18.7 Å². The monoisotopic (exact) mass is 267 g/mol. The summed E-state index contributed by atoms with van der Waals surface area (Å²) in [6.07, 6.45) is 0.367. The number of nitrogens with one attached hydrogen (secondary N) is 2. The third kappa shape index (κ3) is 4.07. The minimum Gasteiger partial charge on any atom is -0.384 e. The Morgan fingerprint density at radius 1 is 1.33 bits per heavy atom. The summed E-state index contributed by atoms with van der Waals surface area (Å²) in [6, 6.07) is 7.92. The standard InChI is InChI=1S/C11H13N3O3S/c1-9(15)14-18(16,17)11-5-3-10(4-6-11)13-8-2-7-12/h3-6,13H,2,8H2,1H3,(H,14,15). The fourth-order valence-corrected chi connectivity index (χ4v) is 2.25. The predicted octanol–water partition coefficient (Wildman–Crippen LogP) is 0.837. The van der Waals surface area contributed by atoms with Gasteiger partial charge < -0.3 is 5.32 Å². The molecule has 1 aromatic carbocycles. The van der Waals surface area contributed by atoms with E-state index < -0.39 is 15.9 Å². The predicted molar refractivity (Wildman–Crippen MR) is 66.2 cm³/mol. The first-order chi connectivity index (χ1) is 8.45. The molecular formula is C11H13N3O3S. The van der Waals surface area contributed by atoms with Crippen molar-refractivity contribution in [1.82, 2.24) is 4.72 Å². The first-order valence-corrected chi connectivity index (χ1v) is 6.68. The number of anilines is 1. The minimum atomic E-state index is -3.78. The maximum Gasteiger partial charge on any atom is 0.264 e. The highest BCUT2D eigenvalue weighted by Crippen LogP contribution is 2.13. The van der Waals surface area contributed by atoms with Crippen LogP contribution in [0.1, 0.15) is 13.3 Å². The van der Waals surface area contributed by atoms with Gasteiger partial charge in [-0.15, -0.1) is 0 Å². The van der Waals surface area contributed by atoms with Gasteiger partial charge in [0.05, 0.1) is 17.4 Å². The van der Waals surface area contributed by atoms with Crippen molar-refractivity contribution < 1.29 is 13.2 Å². The molecule has 1 amide bonds. The Hall–Kier alpha value is -2.07. The summed E-state index contributed by atoms with van der Waals surface area (Å²) in [4.78, 5) is 10.8. The highest BCUT2D eigenvalue weighted by Gasteiger charge is 2.14. The number of carbonyl (C=O) groups is 1. The lowest BCUT2D eigenvalue weighted by Crippen LogP contribution is -2.28. The van der Waals surface area contributed by atoms with Gasteiger partial charge in [-0.1, -0.05) is 0 Å². The maximum atomic E-state index is 11.6. The molecule has 18 heavy (non-hydrogen) atoms. The number of carbonyl (C=O) groups excluding carboxylic acids is 1. The van der Waals surface area contributed by atoms with E-state index >= 15 is 0 Å². The molecule has 1 aromatic rings. The van der Waals surface area contributed by atoms with Crippen LogP contribution in [0.4, 0.5) is 5.69 Å². The molecule has 0 aliphatic rings. The number of amides is 1. The van der Waals surface area contributed by atoms with Gasteiger partial charge in [-0.3, -0.25) is 4.79 Å². The maximum absolute atomic E-state index is 11.6. The quantitative estimate of drug-likeness (QED) is 0.770. The number of sulfonamides is 1. The summed E-state index contributed by atoms with van der Waals surface area (Å²) in [5.74, 6) is -0.633. The molecule has 0 aliphatic carbocycles. The fourth-order valence-electron chi connectivity index (χ4n) is 1.26. The molecule has 0 radical (unpaired) electrons. The van der Waals surface area contributed by atoms with E-state index in [1.807, 2.05) is 10.8 Å². The van der Waals surface area contributed by atoms with Crippen LogP contribution in [0.2, 0.25) is 0 Å². The topological polar surface area (TPSA) is 99.1 Å². The summed E-state index contributed by atoms with van der Waals surface area (Å²) in [5, 5.41) is 11.3. The van der Waals surface area contributed by atoms with Crippen LogP contribution in [-0.4, -0.2) is 20.9 Å². The summed E-state index contributed by atoms with van der Waals surface area (Å²) in [5.41, 5.74) is 0.715. The second-order valence-electron chi connectivity index (χ2n) is 3.52. The average Bonchev–Trinajstić information content (AvgIpc) is 2.28. The van der Waals surface area contributed by atoms with Gasteiger partial charge in [0, 0.05) is 19.2 Å². The Bertz CT molecular complexity index is 558. The van der Waals surface area contributed by atoms with Crippen molar-refractivity contribution in [2.75, 3.05) is 11.9 Å². The van der Waals surface area contributed by atoms with Crippen LogP contribution in [0.5, 0.6) is 0 Å². The zero-order valence-electron chi connectivity index (χ0n) is 9.80. The third-order valence-corrected chi connectivity index (χ3v) is 3.46. The Morgan fingerprint density at radius 3 is 2.44 bits per heavy atom. The SMILES string of the molecule is CC(=O)NS(=O)(=O)c1ccc(NCCC#N)cc1. The van der Waals surface area contributed by atoms with Crippen LogP contribution in [0.25, 0.3) is 0 Å². The molecule has 1 rings (SSSR count). The van der Waals surface area contributed by atoms with E-state index in [0.717, 1.165) is 6.92 Å². The first kappa shape index (κ1) is 14.0. The minimum absolute atomic E-state index is 0.0172. The molecule has 6 nitrogen and oxygen atoms in total. The Labute approximate surface area is 106 Å². The molecule has 96 valence electrons. The van der Waals surface area contributed by atoms with E-state index in [4.69, 9.17) is 5.26 Å². The molecule has 0 heterocycles. The van der Waals surface area contributed by atoms with Crippen LogP contribution < -0.4 is 10.0 Å². The van der Waals surface area contributed by atoms with Gasteiger partial charge in [-0.25, -0.2) is 13.1 Å². The smallest absolute Gasteiger partial charge is 0.264 e. The molecule has 0 spiro atoms. The summed E-state index contributed by atoms with van der Waals surface area (Å²) >= 11 is 0. The van der Waals surface area contributed by atoms with Crippen molar-refractivity contribution in [3.05, 3.63) is 24.3 Å². The van der Waals surface area contributed by atoms with E-state index in [9.17, 15) is 13.2 Å². The molecule has 0 bridgehead atoms. The van der Waals surface area contributed by atoms with E-state index in [2.05, 4.69) is 5.32 Å². The largest absolute Gasteiger partial charge is 0.384 e. The van der Waals surface area contributed by atoms with E-state index in [1.54, 1.807) is 12.1 Å². The molecule has 0 unspecified atom stereocenters. The number of hydrogen-bond donors (Lipinski definition) is 2. The number of nitriles is 1. The molecule has 0 atom stereocenters. The summed E-state index contributed by atoms with van der Waals surface area (Å²) < 4.78 is 25.1. The number of benzene rings is 1. The van der Waals surface area contributed by atoms with Gasteiger partial charge in [-0.2, -0.15) is 5.26 Å². The molecule has 0 saturated carbocycles. The highest BCUT2D eigenvalue weighted by molar-refractivity contribution is 7.90. The lowest BCUT2D eigenvalue weighted by Gasteiger charge is -2.07. The lowest BCUT2D eigenvalue weighted by atomic mass is 10.3. The van der Waals surface area contributed by atoms with Crippen molar-refractivity contribution in [3.8, 4) is 6.07 Å². The molecule has 0 fully saturated rings. The van der Waals surface area contributed by atoms with Crippen molar-refractivity contribution in [3.63, 3.8) is 0 Å². The summed E-state index contributed by atoms with van der Waals surface area (Å²) in [6.45, 7) is 1.63. The van der Waals surface area contributed by atoms with Crippen molar-refractivity contribution in [2.24, 2.45) is 0 Å². The van der Waals surface area contributed by atoms with Crippen molar-refractivity contribution in [2.45, 2.75) is 18.2 Å². The average molecular weight is 267 g/mol. The normalized spacial score (nSPS) is 10.4. The highest BCUT2D eigenvalue weighted by atomic mass is 32.2. The second kappa shape index (κ2) is 6.02. The number of rotatable bonds is 5. The number of hydrogen-bond acceptors (Lipinski definition) is 5. The van der Waals surface area contributed by atoms with Gasteiger partial charge >= 0.3 is 0 Å². The van der Waals surface area contributed by atoms with Crippen LogP contribution in [0.15, 0.2) is 29.2 Å². The number of nitrogens with zero attached hydrogens (tertiary/aromatic N) is 1. The van der Waals surface area contributed by atoms with Crippen molar-refractivity contribution >= 4 is 21.6 Å². The first-order valence-electron chi connectivity index (χ1n) is 5.20. The van der Waals surface area contributed by atoms with Crippen LogP contribution in [0.3, 0.4) is 0 Å². The van der Waals surface area contributed by atoms with Crippen LogP contribution in [-0.2, 0) is 14.8 Å². The van der Waals surface area contributed by atoms with Crippen LogP contribution in [0, 0.1) is 11.3 Å². The zero-order chi connectivity index (χ0) is 13.6. The van der Waals surface area contributed by atoms with E-state index in [-0.39, 0.29) is 4.90 Å². The van der Waals surface area contributed by atoms with Crippen molar-refractivity contribution in [1.29, 1.82) is 5.26 Å². The second-order valence-corrected chi connectivity index (χ2v) is 5.20. The molecule has 2 N–H and O–H groups in total. The van der Waals surface area contributed by atoms with Gasteiger partial charge in [0.1, 0.15) is 0 Å². The van der Waals surface area contributed by atoms with Gasteiger partial charge in [-0.05, 0) is 24.3 Å². The van der Waals surface area contributed by atoms with Crippen LogP contribution >= 0.6 is 0 Å². The molecule has 7 heteroatoms. The Morgan fingerprint density at radius 2 is 1.94 bits per heavy atom. The van der Waals surface area contributed by atoms with Gasteiger partial charge in [0.15, 0.2) is 0 Å². The third-order valence-electron chi connectivity index (χ3n) is 2.01. The fraction of sp³-hybridized carbons (Fsp3) is 0.273. The molecule has 0 saturated heterocycles.